The summed E-state index contributed by atoms with van der Waals surface area (Å²) in [5.74, 6) is -0.203. The lowest BCUT2D eigenvalue weighted by atomic mass is 9.93. The Hall–Kier alpha value is -0.750. The lowest BCUT2D eigenvalue weighted by molar-refractivity contribution is -0.129. The molecule has 6 heteroatoms. The largest absolute Gasteiger partial charge is 0.374 e. The van der Waals surface area contributed by atoms with E-state index in [2.05, 4.69) is 10.1 Å². The van der Waals surface area contributed by atoms with Crippen LogP contribution in [0.2, 0.25) is 0 Å². The van der Waals surface area contributed by atoms with Crippen molar-refractivity contribution in [3.63, 3.8) is 0 Å². The van der Waals surface area contributed by atoms with E-state index < -0.39 is 18.4 Å². The average molecular weight is 224 g/mol. The van der Waals surface area contributed by atoms with Crippen molar-refractivity contribution in [3.8, 4) is 0 Å². The van der Waals surface area contributed by atoms with E-state index in [1.807, 2.05) is 0 Å². The number of hydrogen-bond donors (Lipinski definition) is 2. The fourth-order valence-corrected chi connectivity index (χ4v) is 0.741. The molecule has 0 fully saturated rings. The summed E-state index contributed by atoms with van der Waals surface area (Å²) < 4.78 is 27.9. The molecule has 4 nitrogen and oxygen atoms in total. The normalized spacial score (nSPS) is 11.9. The van der Waals surface area contributed by atoms with Gasteiger partial charge in [0.15, 0.2) is 0 Å². The van der Waals surface area contributed by atoms with Crippen LogP contribution in [-0.4, -0.2) is 38.6 Å². The van der Waals surface area contributed by atoms with Crippen molar-refractivity contribution in [1.82, 2.24) is 5.32 Å². The van der Waals surface area contributed by atoms with Crippen molar-refractivity contribution in [3.05, 3.63) is 0 Å². The molecule has 0 aromatic carbocycles. The second kappa shape index (κ2) is 6.68. The number of amides is 1. The van der Waals surface area contributed by atoms with Gasteiger partial charge in [0.1, 0.15) is 6.61 Å². The smallest absolute Gasteiger partial charge is 0.261 e. The topological polar surface area (TPSA) is 64.4 Å². The number of alkyl halides is 2. The Bertz CT molecular complexity index is 199. The standard InChI is InChI=1S/C9H18F2N2O2/c1-9(2,6-12)8(14)13-3-4-15-5-7(10)11/h7H,3-6,12H2,1-2H3,(H,13,14). The molecule has 0 aliphatic rings. The second-order valence-electron chi connectivity index (χ2n) is 3.81. The maximum atomic E-state index is 11.6. The first-order valence-corrected chi connectivity index (χ1v) is 4.74. The van der Waals surface area contributed by atoms with Gasteiger partial charge < -0.3 is 15.8 Å². The van der Waals surface area contributed by atoms with E-state index >= 15 is 0 Å². The number of halogens is 2. The number of hydrogen-bond acceptors (Lipinski definition) is 3. The monoisotopic (exact) mass is 224 g/mol. The van der Waals surface area contributed by atoms with Gasteiger partial charge in [-0.15, -0.1) is 0 Å². The minimum atomic E-state index is -2.47. The van der Waals surface area contributed by atoms with Crippen LogP contribution in [0.4, 0.5) is 8.78 Å². The molecule has 0 heterocycles. The molecule has 0 unspecified atom stereocenters. The summed E-state index contributed by atoms with van der Waals surface area (Å²) in [6, 6.07) is 0. The average Bonchev–Trinajstić information content (AvgIpc) is 2.16. The van der Waals surface area contributed by atoms with Crippen molar-refractivity contribution in [2.24, 2.45) is 11.1 Å². The Balaban J connectivity index is 3.56. The van der Waals surface area contributed by atoms with Crippen LogP contribution in [0.3, 0.4) is 0 Å². The highest BCUT2D eigenvalue weighted by atomic mass is 19.3. The van der Waals surface area contributed by atoms with Crippen molar-refractivity contribution in [2.45, 2.75) is 20.3 Å². The zero-order valence-electron chi connectivity index (χ0n) is 9.06. The molecule has 0 aromatic rings. The fourth-order valence-electron chi connectivity index (χ4n) is 0.741. The number of nitrogens with one attached hydrogen (secondary N) is 1. The van der Waals surface area contributed by atoms with Crippen LogP contribution in [0.1, 0.15) is 13.8 Å². The quantitative estimate of drug-likeness (QED) is 0.614. The molecule has 0 atom stereocenters. The third-order valence-corrected chi connectivity index (χ3v) is 1.90. The summed E-state index contributed by atoms with van der Waals surface area (Å²) in [5.41, 5.74) is 4.75. The zero-order chi connectivity index (χ0) is 11.9. The fraction of sp³-hybridized carbons (Fsp3) is 0.889. The number of ether oxygens (including phenoxy) is 1. The van der Waals surface area contributed by atoms with Crippen LogP contribution in [0.15, 0.2) is 0 Å². The molecule has 15 heavy (non-hydrogen) atoms. The first-order chi connectivity index (χ1) is 6.90. The summed E-state index contributed by atoms with van der Waals surface area (Å²) in [4.78, 5) is 11.4. The number of rotatable bonds is 7. The Morgan fingerprint density at radius 1 is 1.53 bits per heavy atom. The first-order valence-electron chi connectivity index (χ1n) is 4.74. The summed E-state index contributed by atoms with van der Waals surface area (Å²) in [7, 11) is 0. The highest BCUT2D eigenvalue weighted by Gasteiger charge is 2.24. The van der Waals surface area contributed by atoms with E-state index in [4.69, 9.17) is 5.73 Å². The van der Waals surface area contributed by atoms with Gasteiger partial charge in [-0.1, -0.05) is 0 Å². The zero-order valence-corrected chi connectivity index (χ0v) is 9.06. The van der Waals surface area contributed by atoms with Gasteiger partial charge in [-0.2, -0.15) is 0 Å². The lowest BCUT2D eigenvalue weighted by Crippen LogP contribution is -2.42. The molecule has 0 rings (SSSR count). The van der Waals surface area contributed by atoms with Crippen LogP contribution >= 0.6 is 0 Å². The van der Waals surface area contributed by atoms with Gasteiger partial charge in [-0.25, -0.2) is 8.78 Å². The number of nitrogens with two attached hydrogens (primary N) is 1. The molecule has 1 amide bonds. The molecule has 0 saturated carbocycles. The molecular formula is C9H18F2N2O2. The third kappa shape index (κ3) is 6.35. The van der Waals surface area contributed by atoms with Gasteiger partial charge in [-0.3, -0.25) is 4.79 Å². The molecule has 0 saturated heterocycles. The number of carbonyl (C=O) groups is 1. The summed E-state index contributed by atoms with van der Waals surface area (Å²) in [5, 5.41) is 2.56. The molecule has 0 aliphatic carbocycles. The van der Waals surface area contributed by atoms with Gasteiger partial charge in [0, 0.05) is 13.1 Å². The van der Waals surface area contributed by atoms with Crippen molar-refractivity contribution in [2.75, 3.05) is 26.3 Å². The maximum absolute atomic E-state index is 11.6. The maximum Gasteiger partial charge on any atom is 0.261 e. The molecule has 0 aliphatic heterocycles. The Kier molecular flexibility index (Phi) is 6.35. The molecule has 0 spiro atoms. The van der Waals surface area contributed by atoms with E-state index in [0.717, 1.165) is 0 Å². The van der Waals surface area contributed by atoms with E-state index in [1.54, 1.807) is 13.8 Å². The van der Waals surface area contributed by atoms with Gasteiger partial charge >= 0.3 is 0 Å². The highest BCUT2D eigenvalue weighted by molar-refractivity contribution is 5.81. The molecular weight excluding hydrogens is 206 g/mol. The molecule has 0 radical (unpaired) electrons. The Morgan fingerprint density at radius 2 is 2.13 bits per heavy atom. The Labute approximate surface area is 88.2 Å². The highest BCUT2D eigenvalue weighted by Crippen LogP contribution is 2.11. The van der Waals surface area contributed by atoms with E-state index in [9.17, 15) is 13.6 Å². The molecule has 90 valence electrons. The molecule has 3 N–H and O–H groups in total. The first kappa shape index (κ1) is 14.2. The molecule has 0 bridgehead atoms. The van der Waals surface area contributed by atoms with Crippen LogP contribution in [0.5, 0.6) is 0 Å². The van der Waals surface area contributed by atoms with Gasteiger partial charge in [0.25, 0.3) is 6.43 Å². The summed E-state index contributed by atoms with van der Waals surface area (Å²) in [6.07, 6.45) is -2.47. The molecule has 0 aromatic heterocycles. The minimum absolute atomic E-state index is 0.0801. The van der Waals surface area contributed by atoms with Gasteiger partial charge in [-0.05, 0) is 13.8 Å². The number of carbonyl (C=O) groups excluding carboxylic acids is 1. The summed E-state index contributed by atoms with van der Waals surface area (Å²) >= 11 is 0. The van der Waals surface area contributed by atoms with Gasteiger partial charge in [0.2, 0.25) is 5.91 Å². The Morgan fingerprint density at radius 3 is 2.60 bits per heavy atom. The van der Waals surface area contributed by atoms with E-state index in [1.165, 1.54) is 0 Å². The van der Waals surface area contributed by atoms with Crippen molar-refractivity contribution >= 4 is 5.91 Å². The van der Waals surface area contributed by atoms with Crippen LogP contribution in [0, 0.1) is 5.41 Å². The van der Waals surface area contributed by atoms with Crippen LogP contribution in [-0.2, 0) is 9.53 Å². The van der Waals surface area contributed by atoms with E-state index in [0.29, 0.717) is 0 Å². The predicted octanol–water partition coefficient (Wildman–Crippen LogP) is 0.369. The predicted molar refractivity (Wildman–Crippen MR) is 52.7 cm³/mol. The van der Waals surface area contributed by atoms with Crippen LogP contribution < -0.4 is 11.1 Å². The van der Waals surface area contributed by atoms with Crippen LogP contribution in [0.25, 0.3) is 0 Å². The van der Waals surface area contributed by atoms with Crippen molar-refractivity contribution < 1.29 is 18.3 Å². The SMILES string of the molecule is CC(C)(CN)C(=O)NCCOCC(F)F. The van der Waals surface area contributed by atoms with Gasteiger partial charge in [0.05, 0.1) is 12.0 Å². The summed E-state index contributed by atoms with van der Waals surface area (Å²) in [6.45, 7) is 3.35. The minimum Gasteiger partial charge on any atom is -0.374 e. The second-order valence-corrected chi connectivity index (χ2v) is 3.81. The lowest BCUT2D eigenvalue weighted by Gasteiger charge is -2.21. The van der Waals surface area contributed by atoms with E-state index in [-0.39, 0.29) is 25.6 Å². The third-order valence-electron chi connectivity index (χ3n) is 1.90. The van der Waals surface area contributed by atoms with Crippen molar-refractivity contribution in [1.29, 1.82) is 0 Å².